The average Bonchev–Trinajstić information content (AvgIpc) is 2.96. The highest BCUT2D eigenvalue weighted by molar-refractivity contribution is 5.84. The molecule has 3 heteroatoms. The Kier molecular flexibility index (Phi) is 6.40. The lowest BCUT2D eigenvalue weighted by molar-refractivity contribution is -0.984. The molecule has 3 aromatic carbocycles. The molecule has 7 rings (SSSR count). The van der Waals surface area contributed by atoms with E-state index in [4.69, 9.17) is 9.72 Å². The third-order valence-electron chi connectivity index (χ3n) is 8.71. The molecule has 0 spiro atoms. The Bertz CT molecular complexity index is 1400. The van der Waals surface area contributed by atoms with E-state index >= 15 is 0 Å². The van der Waals surface area contributed by atoms with E-state index in [0.29, 0.717) is 17.9 Å². The van der Waals surface area contributed by atoms with Crippen molar-refractivity contribution in [2.24, 2.45) is 11.8 Å². The minimum atomic E-state index is -0.0924. The Labute approximate surface area is 220 Å². The molecule has 0 saturated carbocycles. The molecule has 2 bridgehead atoms. The molecule has 4 heterocycles. The Hall–Kier alpha value is -3.69. The number of nitrogens with zero attached hydrogens (tertiary/aromatic N) is 2. The van der Waals surface area contributed by atoms with Gasteiger partial charge in [-0.15, -0.1) is 6.58 Å². The van der Waals surface area contributed by atoms with Gasteiger partial charge < -0.3 is 9.22 Å². The van der Waals surface area contributed by atoms with Gasteiger partial charge >= 0.3 is 0 Å². The van der Waals surface area contributed by atoms with E-state index in [1.54, 1.807) is 0 Å². The molecule has 37 heavy (non-hydrogen) atoms. The molecule has 0 radical (unpaired) electrons. The van der Waals surface area contributed by atoms with Crippen LogP contribution in [0.1, 0.15) is 35.6 Å². The van der Waals surface area contributed by atoms with Crippen LogP contribution in [0.15, 0.2) is 110 Å². The summed E-state index contributed by atoms with van der Waals surface area (Å²) in [6.45, 7) is 11.5. The number of aromatic nitrogens is 1. The zero-order valence-electron chi connectivity index (χ0n) is 21.4. The van der Waals surface area contributed by atoms with Crippen molar-refractivity contribution in [1.82, 2.24) is 4.98 Å². The first-order chi connectivity index (χ1) is 18.2. The molecule has 0 N–H and O–H groups in total. The monoisotopic (exact) mass is 487 g/mol. The van der Waals surface area contributed by atoms with Crippen LogP contribution in [0.3, 0.4) is 0 Å². The summed E-state index contributed by atoms with van der Waals surface area (Å²) in [5, 5.41) is 1.15. The summed E-state index contributed by atoms with van der Waals surface area (Å²) in [6.07, 6.45) is 8.35. The van der Waals surface area contributed by atoms with Gasteiger partial charge in [0.1, 0.15) is 18.3 Å². The van der Waals surface area contributed by atoms with Crippen LogP contribution in [-0.2, 0) is 6.54 Å². The lowest BCUT2D eigenvalue weighted by Crippen LogP contribution is -2.68. The molecule has 1 unspecified atom stereocenters. The topological polar surface area (TPSA) is 22.1 Å². The first-order valence-electron chi connectivity index (χ1n) is 13.4. The second kappa shape index (κ2) is 9.99. The van der Waals surface area contributed by atoms with E-state index < -0.39 is 0 Å². The number of hydrogen-bond donors (Lipinski definition) is 0. The predicted octanol–water partition coefficient (Wildman–Crippen LogP) is 7.61. The van der Waals surface area contributed by atoms with Crippen molar-refractivity contribution >= 4 is 17.0 Å². The van der Waals surface area contributed by atoms with Gasteiger partial charge in [-0.2, -0.15) is 0 Å². The van der Waals surface area contributed by atoms with Crippen molar-refractivity contribution < 1.29 is 9.22 Å². The maximum atomic E-state index is 7.01. The largest absolute Gasteiger partial charge is 0.479 e. The van der Waals surface area contributed by atoms with E-state index in [1.165, 1.54) is 24.1 Å². The molecule has 0 aliphatic carbocycles. The number of para-hydroxylation sites is 1. The van der Waals surface area contributed by atoms with Crippen molar-refractivity contribution in [1.29, 1.82) is 0 Å². The maximum Gasteiger partial charge on any atom is 0.176 e. The number of hydrogen-bond acceptors (Lipinski definition) is 2. The van der Waals surface area contributed by atoms with Crippen LogP contribution in [0, 0.1) is 11.8 Å². The molecule has 3 saturated heterocycles. The van der Waals surface area contributed by atoms with Crippen LogP contribution >= 0.6 is 0 Å². The Morgan fingerprint density at radius 1 is 0.973 bits per heavy atom. The molecule has 3 aliphatic heterocycles. The fourth-order valence-electron chi connectivity index (χ4n) is 6.87. The van der Waals surface area contributed by atoms with Gasteiger partial charge in [-0.05, 0) is 41.8 Å². The normalized spacial score (nSPS) is 25.5. The molecule has 4 aromatic rings. The number of benzene rings is 3. The van der Waals surface area contributed by atoms with Crippen molar-refractivity contribution in [3.63, 3.8) is 0 Å². The average molecular weight is 488 g/mol. The van der Waals surface area contributed by atoms with Gasteiger partial charge in [-0.25, -0.2) is 0 Å². The molecule has 1 aromatic heterocycles. The van der Waals surface area contributed by atoms with E-state index in [-0.39, 0.29) is 6.10 Å². The van der Waals surface area contributed by atoms with E-state index in [1.807, 2.05) is 18.3 Å². The third-order valence-corrected chi connectivity index (χ3v) is 8.71. The van der Waals surface area contributed by atoms with Gasteiger partial charge in [0.25, 0.3) is 0 Å². The highest BCUT2D eigenvalue weighted by Crippen LogP contribution is 2.49. The Morgan fingerprint density at radius 2 is 1.76 bits per heavy atom. The SMILES string of the molecule is C=Cc1ccc2nccc([C@H](Oc3ccccc3)[C@H]3C[C@@H]4CC[N@@+]3(Cc3ccccc3)CC4C=C)c2c1. The van der Waals surface area contributed by atoms with Crippen molar-refractivity contribution in [2.75, 3.05) is 13.1 Å². The number of rotatable bonds is 8. The lowest BCUT2D eigenvalue weighted by Gasteiger charge is -2.58. The lowest BCUT2D eigenvalue weighted by atomic mass is 9.71. The van der Waals surface area contributed by atoms with Crippen molar-refractivity contribution in [2.45, 2.75) is 31.5 Å². The predicted molar refractivity (Wildman–Crippen MR) is 152 cm³/mol. The van der Waals surface area contributed by atoms with E-state index in [0.717, 1.165) is 46.2 Å². The van der Waals surface area contributed by atoms with Gasteiger partial charge in [0.2, 0.25) is 0 Å². The van der Waals surface area contributed by atoms with Crippen LogP contribution in [0.4, 0.5) is 0 Å². The molecular weight excluding hydrogens is 452 g/mol. The van der Waals surface area contributed by atoms with Crippen LogP contribution in [0.25, 0.3) is 17.0 Å². The molecule has 5 atom stereocenters. The Balaban J connectivity index is 1.50. The maximum absolute atomic E-state index is 7.01. The minimum Gasteiger partial charge on any atom is -0.479 e. The van der Waals surface area contributed by atoms with Gasteiger partial charge in [0.15, 0.2) is 6.10 Å². The number of pyridine rings is 1. The third kappa shape index (κ3) is 4.49. The summed E-state index contributed by atoms with van der Waals surface area (Å²) in [6, 6.07) is 30.2. The van der Waals surface area contributed by atoms with Crippen LogP contribution in [0.2, 0.25) is 0 Å². The molecular formula is C34H35N2O+. The zero-order chi connectivity index (χ0) is 25.2. The molecule has 3 fully saturated rings. The molecule has 3 aliphatic rings. The number of ether oxygens (including phenoxy) is 1. The summed E-state index contributed by atoms with van der Waals surface area (Å²) in [4.78, 5) is 4.70. The second-order valence-electron chi connectivity index (χ2n) is 10.8. The van der Waals surface area contributed by atoms with E-state index in [2.05, 4.69) is 98.1 Å². The number of fused-ring (bicyclic) bond motifs is 4. The van der Waals surface area contributed by atoms with Gasteiger partial charge in [-0.1, -0.05) is 73.3 Å². The summed E-state index contributed by atoms with van der Waals surface area (Å²) in [7, 11) is 0. The van der Waals surface area contributed by atoms with Gasteiger partial charge in [0, 0.05) is 41.5 Å². The Morgan fingerprint density at radius 3 is 2.51 bits per heavy atom. The van der Waals surface area contributed by atoms with Crippen molar-refractivity contribution in [3.05, 3.63) is 127 Å². The van der Waals surface area contributed by atoms with Crippen molar-refractivity contribution in [3.8, 4) is 5.75 Å². The number of piperidine rings is 3. The highest BCUT2D eigenvalue weighted by Gasteiger charge is 2.55. The first-order valence-corrected chi connectivity index (χ1v) is 13.4. The van der Waals surface area contributed by atoms with Crippen LogP contribution < -0.4 is 4.74 Å². The molecule has 3 nitrogen and oxygen atoms in total. The summed E-state index contributed by atoms with van der Waals surface area (Å²) in [5.74, 6) is 2.11. The zero-order valence-corrected chi connectivity index (χ0v) is 21.4. The van der Waals surface area contributed by atoms with E-state index in [9.17, 15) is 0 Å². The first kappa shape index (κ1) is 23.7. The van der Waals surface area contributed by atoms with Gasteiger partial charge in [-0.3, -0.25) is 4.98 Å². The smallest absolute Gasteiger partial charge is 0.176 e. The summed E-state index contributed by atoms with van der Waals surface area (Å²) < 4.78 is 8.04. The standard InChI is InChI=1S/C34H35N2O/c1-3-25-15-16-32-31(21-25)30(17-19-35-32)34(37-29-13-9-6-10-14-29)33-22-28-18-20-36(33,24-27(28)4-2)23-26-11-7-5-8-12-26/h3-17,19,21,27-28,33-34H,1-2,18,20,22-24H2/q+1/t27?,28-,33+,34-,36+/m0/s1. The second-order valence-corrected chi connectivity index (χ2v) is 10.8. The molecule has 0 amide bonds. The van der Waals surface area contributed by atoms with Crippen LogP contribution in [0.5, 0.6) is 5.75 Å². The quantitative estimate of drug-likeness (QED) is 0.188. The molecule has 186 valence electrons. The summed E-state index contributed by atoms with van der Waals surface area (Å²) >= 11 is 0. The van der Waals surface area contributed by atoms with Crippen LogP contribution in [-0.4, -0.2) is 28.6 Å². The fraction of sp³-hybridized carbons (Fsp3) is 0.265. The fourth-order valence-corrected chi connectivity index (χ4v) is 6.87. The summed E-state index contributed by atoms with van der Waals surface area (Å²) in [5.41, 5.74) is 4.71. The minimum absolute atomic E-state index is 0.0924. The van der Waals surface area contributed by atoms with Gasteiger partial charge in [0.05, 0.1) is 18.6 Å². The number of quaternary nitrogens is 1. The highest BCUT2D eigenvalue weighted by atomic mass is 16.5.